The molecule has 0 fully saturated rings. The summed E-state index contributed by atoms with van der Waals surface area (Å²) in [7, 11) is 0. The van der Waals surface area contributed by atoms with E-state index in [0.29, 0.717) is 31.0 Å². The molecule has 128 valence electrons. The lowest BCUT2D eigenvalue weighted by molar-refractivity contribution is 0.0525. The molecule has 0 radical (unpaired) electrons. The summed E-state index contributed by atoms with van der Waals surface area (Å²) >= 11 is 15.5. The number of nitrogens with zero attached hydrogens (tertiary/aromatic N) is 1. The number of esters is 1. The van der Waals surface area contributed by atoms with Crippen LogP contribution in [0, 0.1) is 5.82 Å². The van der Waals surface area contributed by atoms with Gasteiger partial charge >= 0.3 is 5.97 Å². The maximum absolute atomic E-state index is 14.5. The predicted molar refractivity (Wildman–Crippen MR) is 101 cm³/mol. The summed E-state index contributed by atoms with van der Waals surface area (Å²) in [5.74, 6) is -0.963. The van der Waals surface area contributed by atoms with E-state index in [4.69, 9.17) is 27.9 Å². The number of hydrogen-bond donors (Lipinski definition) is 0. The highest BCUT2D eigenvalue weighted by Gasteiger charge is 2.19. The van der Waals surface area contributed by atoms with Gasteiger partial charge in [-0.25, -0.2) is 9.18 Å². The molecular formula is C18H11BrCl2FNO2. The van der Waals surface area contributed by atoms with Gasteiger partial charge in [-0.1, -0.05) is 23.2 Å². The van der Waals surface area contributed by atoms with Crippen molar-refractivity contribution in [3.8, 4) is 11.1 Å². The highest BCUT2D eigenvalue weighted by Crippen LogP contribution is 2.37. The Kier molecular flexibility index (Phi) is 5.27. The molecule has 0 amide bonds. The first-order valence-corrected chi connectivity index (χ1v) is 8.87. The Morgan fingerprint density at radius 3 is 2.56 bits per heavy atom. The SMILES string of the molecule is CCOC(=O)c1cnc2c(-c3cc(Cl)cc(Cl)c3)c(F)ccc2c1Br. The summed E-state index contributed by atoms with van der Waals surface area (Å²) in [4.78, 5) is 16.3. The molecule has 0 N–H and O–H groups in total. The van der Waals surface area contributed by atoms with Crippen LogP contribution >= 0.6 is 39.1 Å². The van der Waals surface area contributed by atoms with Crippen LogP contribution < -0.4 is 0 Å². The highest BCUT2D eigenvalue weighted by molar-refractivity contribution is 9.10. The van der Waals surface area contributed by atoms with E-state index in [9.17, 15) is 9.18 Å². The maximum atomic E-state index is 14.5. The number of hydrogen-bond acceptors (Lipinski definition) is 3. The first-order chi connectivity index (χ1) is 11.9. The Bertz CT molecular complexity index is 974. The van der Waals surface area contributed by atoms with Crippen molar-refractivity contribution in [2.24, 2.45) is 0 Å². The van der Waals surface area contributed by atoms with Gasteiger partial charge in [0.15, 0.2) is 0 Å². The third kappa shape index (κ3) is 3.50. The van der Waals surface area contributed by atoms with Crippen molar-refractivity contribution in [1.29, 1.82) is 0 Å². The number of carbonyl (C=O) groups excluding carboxylic acids is 1. The van der Waals surface area contributed by atoms with Crippen LogP contribution in [0.5, 0.6) is 0 Å². The van der Waals surface area contributed by atoms with E-state index in [1.54, 1.807) is 31.2 Å². The molecule has 0 saturated heterocycles. The van der Waals surface area contributed by atoms with Gasteiger partial charge in [0.05, 0.1) is 17.7 Å². The molecule has 1 heterocycles. The van der Waals surface area contributed by atoms with Gasteiger partial charge < -0.3 is 4.74 Å². The lowest BCUT2D eigenvalue weighted by atomic mass is 10.0. The van der Waals surface area contributed by atoms with E-state index in [0.717, 1.165) is 0 Å². The second-order valence-corrected chi connectivity index (χ2v) is 6.85. The average Bonchev–Trinajstić information content (AvgIpc) is 2.54. The summed E-state index contributed by atoms with van der Waals surface area (Å²) < 4.78 is 20.0. The van der Waals surface area contributed by atoms with Crippen molar-refractivity contribution in [3.05, 3.63) is 62.4 Å². The number of rotatable bonds is 3. The largest absolute Gasteiger partial charge is 0.462 e. The Labute approximate surface area is 161 Å². The molecule has 25 heavy (non-hydrogen) atoms. The van der Waals surface area contributed by atoms with Gasteiger partial charge in [-0.2, -0.15) is 0 Å². The number of aromatic nitrogens is 1. The molecule has 0 aliphatic rings. The zero-order valence-corrected chi connectivity index (χ0v) is 16.0. The van der Waals surface area contributed by atoms with E-state index in [1.807, 2.05) is 0 Å². The minimum atomic E-state index is -0.500. The Hall–Kier alpha value is -1.69. The zero-order chi connectivity index (χ0) is 18.1. The van der Waals surface area contributed by atoms with Crippen LogP contribution in [0.25, 0.3) is 22.0 Å². The molecule has 7 heteroatoms. The molecule has 2 aromatic carbocycles. The topological polar surface area (TPSA) is 39.2 Å². The van der Waals surface area contributed by atoms with E-state index in [1.165, 1.54) is 12.3 Å². The molecular weight excluding hydrogens is 432 g/mol. The van der Waals surface area contributed by atoms with E-state index in [-0.39, 0.29) is 17.7 Å². The van der Waals surface area contributed by atoms with Gasteiger partial charge in [0, 0.05) is 31.7 Å². The summed E-state index contributed by atoms with van der Waals surface area (Å²) in [6, 6.07) is 7.66. The van der Waals surface area contributed by atoms with Gasteiger partial charge in [0.1, 0.15) is 5.82 Å². The van der Waals surface area contributed by atoms with Crippen LogP contribution in [-0.4, -0.2) is 17.6 Å². The molecule has 0 unspecified atom stereocenters. The van der Waals surface area contributed by atoms with Crippen molar-refractivity contribution in [2.45, 2.75) is 6.92 Å². The van der Waals surface area contributed by atoms with Crippen LogP contribution in [0.1, 0.15) is 17.3 Å². The Balaban J connectivity index is 2.28. The number of fused-ring (bicyclic) bond motifs is 1. The fourth-order valence-electron chi connectivity index (χ4n) is 2.53. The lowest BCUT2D eigenvalue weighted by Crippen LogP contribution is -2.06. The average molecular weight is 443 g/mol. The van der Waals surface area contributed by atoms with Crippen LogP contribution in [-0.2, 0) is 4.74 Å². The predicted octanol–water partition coefficient (Wildman–Crippen LogP) is 6.29. The monoisotopic (exact) mass is 441 g/mol. The summed E-state index contributed by atoms with van der Waals surface area (Å²) in [5.41, 5.74) is 1.43. The summed E-state index contributed by atoms with van der Waals surface area (Å²) in [6.07, 6.45) is 1.36. The zero-order valence-electron chi connectivity index (χ0n) is 12.9. The van der Waals surface area contributed by atoms with Crippen LogP contribution in [0.3, 0.4) is 0 Å². The second kappa shape index (κ2) is 7.28. The van der Waals surface area contributed by atoms with E-state index in [2.05, 4.69) is 20.9 Å². The van der Waals surface area contributed by atoms with Gasteiger partial charge in [-0.15, -0.1) is 0 Å². The van der Waals surface area contributed by atoms with Crippen molar-refractivity contribution in [2.75, 3.05) is 6.61 Å². The first-order valence-electron chi connectivity index (χ1n) is 7.32. The van der Waals surface area contributed by atoms with Crippen molar-refractivity contribution in [1.82, 2.24) is 4.98 Å². The molecule has 0 atom stereocenters. The number of halogens is 4. The van der Waals surface area contributed by atoms with Gasteiger partial charge in [0.25, 0.3) is 0 Å². The first kappa shape index (κ1) is 18.1. The molecule has 0 saturated carbocycles. The quantitative estimate of drug-likeness (QED) is 0.447. The van der Waals surface area contributed by atoms with Crippen LogP contribution in [0.4, 0.5) is 4.39 Å². The fourth-order valence-corrected chi connectivity index (χ4v) is 3.64. The number of pyridine rings is 1. The molecule has 0 aliphatic heterocycles. The maximum Gasteiger partial charge on any atom is 0.340 e. The molecule has 3 nitrogen and oxygen atoms in total. The second-order valence-electron chi connectivity index (χ2n) is 5.18. The van der Waals surface area contributed by atoms with Gasteiger partial charge in [-0.05, 0) is 58.7 Å². The van der Waals surface area contributed by atoms with Crippen molar-refractivity contribution < 1.29 is 13.9 Å². The molecule has 3 aromatic rings. The number of ether oxygens (including phenoxy) is 1. The minimum absolute atomic E-state index is 0.249. The van der Waals surface area contributed by atoms with Crippen LogP contribution in [0.15, 0.2) is 41.0 Å². The molecule has 0 aliphatic carbocycles. The Morgan fingerprint density at radius 1 is 1.24 bits per heavy atom. The molecule has 3 rings (SSSR count). The fraction of sp³-hybridized carbons (Fsp3) is 0.111. The third-order valence-corrected chi connectivity index (χ3v) is 4.86. The smallest absolute Gasteiger partial charge is 0.340 e. The lowest BCUT2D eigenvalue weighted by Gasteiger charge is -2.12. The van der Waals surface area contributed by atoms with E-state index >= 15 is 0 Å². The van der Waals surface area contributed by atoms with Gasteiger partial charge in [-0.3, -0.25) is 4.98 Å². The third-order valence-electron chi connectivity index (χ3n) is 3.57. The van der Waals surface area contributed by atoms with Crippen LogP contribution in [0.2, 0.25) is 10.0 Å². The van der Waals surface area contributed by atoms with Crippen molar-refractivity contribution in [3.63, 3.8) is 0 Å². The highest BCUT2D eigenvalue weighted by atomic mass is 79.9. The van der Waals surface area contributed by atoms with Crippen molar-refractivity contribution >= 4 is 56.0 Å². The molecule has 1 aromatic heterocycles. The normalized spacial score (nSPS) is 10.9. The van der Waals surface area contributed by atoms with E-state index < -0.39 is 11.8 Å². The van der Waals surface area contributed by atoms with Gasteiger partial charge in [0.2, 0.25) is 0 Å². The summed E-state index contributed by atoms with van der Waals surface area (Å²) in [6.45, 7) is 1.97. The number of benzene rings is 2. The molecule has 0 spiro atoms. The standard InChI is InChI=1S/C18H11BrCl2FNO2/c1-2-25-18(24)13-8-23-17-12(16(13)19)3-4-14(22)15(17)9-5-10(20)7-11(21)6-9/h3-8H,2H2,1H3. The summed E-state index contributed by atoms with van der Waals surface area (Å²) in [5, 5.41) is 1.36. The molecule has 0 bridgehead atoms. The minimum Gasteiger partial charge on any atom is -0.462 e. The Morgan fingerprint density at radius 2 is 1.92 bits per heavy atom. The number of carbonyl (C=O) groups is 1.